The fourth-order valence-corrected chi connectivity index (χ4v) is 1.33. The zero-order valence-electron chi connectivity index (χ0n) is 11.5. The first kappa shape index (κ1) is 16.9. The van der Waals surface area contributed by atoms with Crippen molar-refractivity contribution in [2.24, 2.45) is 10.7 Å². The van der Waals surface area contributed by atoms with Crippen LogP contribution in [0.5, 0.6) is 0 Å². The predicted octanol–water partition coefficient (Wildman–Crippen LogP) is 2.95. The first-order chi connectivity index (χ1) is 8.30. The van der Waals surface area contributed by atoms with Gasteiger partial charge in [-0.05, 0) is 55.4 Å². The average Bonchev–Trinajstić information content (AvgIpc) is 2.26. The minimum atomic E-state index is -0.0300. The van der Waals surface area contributed by atoms with Gasteiger partial charge < -0.3 is 11.1 Å². The fourth-order valence-electron chi connectivity index (χ4n) is 1.07. The number of nitrogens with zero attached hydrogens (tertiary/aromatic N) is 1. The fraction of sp³-hybridized carbons (Fsp3) is 0.538. The number of nitrogens with two attached hydrogens (primary N) is 1. The lowest BCUT2D eigenvalue weighted by atomic mass is 10.1. The largest absolute Gasteiger partial charge is 0.404 e. The molecule has 0 bridgehead atoms. The third-order valence-electron chi connectivity index (χ3n) is 2.01. The molecule has 0 aliphatic heterocycles. The van der Waals surface area contributed by atoms with Crippen molar-refractivity contribution < 1.29 is 0 Å². The molecular formula is C13H23BrN4. The summed E-state index contributed by atoms with van der Waals surface area (Å²) in [6.07, 6.45) is 5.70. The maximum Gasteiger partial charge on any atom is 0.102 e. The second-order valence-electron chi connectivity index (χ2n) is 4.92. The molecule has 102 valence electrons. The lowest BCUT2D eigenvalue weighted by Gasteiger charge is -2.20. The van der Waals surface area contributed by atoms with Crippen LogP contribution in [0.15, 0.2) is 28.5 Å². The van der Waals surface area contributed by atoms with Gasteiger partial charge in [-0.25, -0.2) is 0 Å². The number of hydrogen-bond acceptors (Lipinski definition) is 4. The van der Waals surface area contributed by atoms with Gasteiger partial charge in [0.2, 0.25) is 0 Å². The molecule has 0 amide bonds. The van der Waals surface area contributed by atoms with E-state index >= 15 is 0 Å². The van der Waals surface area contributed by atoms with Gasteiger partial charge in [0.05, 0.1) is 0 Å². The third-order valence-corrected chi connectivity index (χ3v) is 2.52. The average molecular weight is 315 g/mol. The molecule has 0 fully saturated rings. The smallest absolute Gasteiger partial charge is 0.102 e. The molecule has 0 saturated heterocycles. The van der Waals surface area contributed by atoms with Crippen LogP contribution in [-0.2, 0) is 0 Å². The molecule has 0 radical (unpaired) electrons. The molecule has 18 heavy (non-hydrogen) atoms. The van der Waals surface area contributed by atoms with Crippen LogP contribution in [0.2, 0.25) is 0 Å². The van der Waals surface area contributed by atoms with Crippen molar-refractivity contribution in [3.63, 3.8) is 0 Å². The Kier molecular flexibility index (Phi) is 7.59. The Balaban J connectivity index is 4.83. The highest BCUT2D eigenvalue weighted by Gasteiger charge is 2.09. The van der Waals surface area contributed by atoms with E-state index in [2.05, 4.69) is 47.0 Å². The molecule has 4 N–H and O–H groups in total. The third kappa shape index (κ3) is 8.06. The number of allylic oxidation sites excluding steroid dienone is 2. The topological polar surface area (TPSA) is 74.3 Å². The Labute approximate surface area is 118 Å². The minimum Gasteiger partial charge on any atom is -0.404 e. The van der Waals surface area contributed by atoms with Crippen molar-refractivity contribution >= 4 is 26.8 Å². The Morgan fingerprint density at radius 3 is 2.44 bits per heavy atom. The van der Waals surface area contributed by atoms with Gasteiger partial charge in [0.15, 0.2) is 0 Å². The van der Waals surface area contributed by atoms with Gasteiger partial charge in [0.1, 0.15) is 4.62 Å². The van der Waals surface area contributed by atoms with Crippen LogP contribution in [0.4, 0.5) is 0 Å². The van der Waals surface area contributed by atoms with E-state index in [0.29, 0.717) is 11.0 Å². The zero-order valence-corrected chi connectivity index (χ0v) is 13.1. The number of rotatable bonds is 6. The van der Waals surface area contributed by atoms with Gasteiger partial charge in [-0.1, -0.05) is 0 Å². The lowest BCUT2D eigenvalue weighted by Crippen LogP contribution is -2.31. The van der Waals surface area contributed by atoms with Crippen LogP contribution in [0.3, 0.4) is 0 Å². The summed E-state index contributed by atoms with van der Waals surface area (Å²) in [5, 5.41) is 10.9. The summed E-state index contributed by atoms with van der Waals surface area (Å²) in [6, 6.07) is 0. The van der Waals surface area contributed by atoms with Crippen molar-refractivity contribution in [1.29, 1.82) is 5.41 Å². The minimum absolute atomic E-state index is 0.0300. The predicted molar refractivity (Wildman–Crippen MR) is 83.5 cm³/mol. The van der Waals surface area contributed by atoms with Crippen molar-refractivity contribution in [3.8, 4) is 0 Å². The van der Waals surface area contributed by atoms with E-state index in [1.54, 1.807) is 6.21 Å². The number of aliphatic imine (C=N–C) groups is 1. The summed E-state index contributed by atoms with van der Waals surface area (Å²) >= 11 is 3.20. The molecule has 0 atom stereocenters. The first-order valence-corrected chi connectivity index (χ1v) is 6.71. The molecule has 4 nitrogen and oxygen atoms in total. The van der Waals surface area contributed by atoms with Gasteiger partial charge in [0, 0.05) is 36.5 Å². The highest BCUT2D eigenvalue weighted by Crippen LogP contribution is 2.14. The summed E-state index contributed by atoms with van der Waals surface area (Å²) in [6.45, 7) is 8.89. The maximum absolute atomic E-state index is 7.70. The number of nitrogens with one attached hydrogen (secondary N) is 2. The van der Waals surface area contributed by atoms with Gasteiger partial charge in [0.25, 0.3) is 0 Å². The van der Waals surface area contributed by atoms with Crippen molar-refractivity contribution in [2.75, 3.05) is 6.54 Å². The van der Waals surface area contributed by atoms with E-state index in [1.165, 1.54) is 6.20 Å². The molecule has 0 aromatic carbocycles. The van der Waals surface area contributed by atoms with Crippen LogP contribution >= 0.6 is 15.9 Å². The molecule has 0 rings (SSSR count). The zero-order chi connectivity index (χ0) is 14.2. The van der Waals surface area contributed by atoms with Crippen molar-refractivity contribution in [3.05, 3.63) is 23.5 Å². The quantitative estimate of drug-likeness (QED) is 0.659. The van der Waals surface area contributed by atoms with Gasteiger partial charge in [-0.2, -0.15) is 0 Å². The van der Waals surface area contributed by atoms with Crippen LogP contribution < -0.4 is 11.1 Å². The molecule has 0 aromatic heterocycles. The summed E-state index contributed by atoms with van der Waals surface area (Å²) < 4.78 is 0.350. The van der Waals surface area contributed by atoms with Gasteiger partial charge in [-0.15, -0.1) is 0 Å². The van der Waals surface area contributed by atoms with E-state index in [9.17, 15) is 0 Å². The van der Waals surface area contributed by atoms with Gasteiger partial charge >= 0.3 is 0 Å². The normalized spacial score (nSPS) is 14.1. The Hall–Kier alpha value is -1.10. The first-order valence-electron chi connectivity index (χ1n) is 5.92. The summed E-state index contributed by atoms with van der Waals surface area (Å²) in [7, 11) is 0. The molecule has 0 aliphatic rings. The molecule has 0 aliphatic carbocycles. The van der Waals surface area contributed by atoms with Crippen molar-refractivity contribution in [1.82, 2.24) is 5.32 Å². The molecule has 5 heteroatoms. The number of hydrogen-bond donors (Lipinski definition) is 3. The maximum atomic E-state index is 7.70. The van der Waals surface area contributed by atoms with Crippen LogP contribution in [0.25, 0.3) is 0 Å². The van der Waals surface area contributed by atoms with Crippen molar-refractivity contribution in [2.45, 2.75) is 39.7 Å². The Morgan fingerprint density at radius 2 is 2.06 bits per heavy atom. The molecule has 0 unspecified atom stereocenters. The second kappa shape index (κ2) is 8.08. The lowest BCUT2D eigenvalue weighted by molar-refractivity contribution is 0.490. The summed E-state index contributed by atoms with van der Waals surface area (Å²) in [5.41, 5.74) is 7.26. The Bertz CT molecular complexity index is 362. The highest BCUT2D eigenvalue weighted by atomic mass is 79.9. The van der Waals surface area contributed by atoms with Crippen LogP contribution in [0.1, 0.15) is 34.1 Å². The van der Waals surface area contributed by atoms with Crippen LogP contribution in [-0.4, -0.2) is 22.9 Å². The Morgan fingerprint density at radius 1 is 1.44 bits per heavy atom. The summed E-state index contributed by atoms with van der Waals surface area (Å²) in [5.74, 6) is 0. The second-order valence-corrected chi connectivity index (χ2v) is 5.72. The van der Waals surface area contributed by atoms with E-state index in [4.69, 9.17) is 11.1 Å². The number of halogens is 1. The van der Waals surface area contributed by atoms with Crippen LogP contribution in [0, 0.1) is 5.41 Å². The van der Waals surface area contributed by atoms with E-state index in [-0.39, 0.29) is 5.54 Å². The van der Waals surface area contributed by atoms with E-state index < -0.39 is 0 Å². The standard InChI is InChI=1S/C13H23BrN4/c1-5-17-8-10(7-15)6-11(12(14)16)9-18-13(2,3)4/h7-9,16,18H,5-6,15H2,1-4H3/b10-7?,11-9-,16-12?,17-8?. The SMILES string of the molecule is CCN=CC(=CN)C/C(=C/NC(C)(C)C)C(=N)Br. The van der Waals surface area contributed by atoms with E-state index in [1.807, 2.05) is 13.1 Å². The molecule has 0 aromatic rings. The highest BCUT2D eigenvalue weighted by molar-refractivity contribution is 9.18. The van der Waals surface area contributed by atoms with Gasteiger partial charge in [-0.3, -0.25) is 10.4 Å². The molecule has 0 saturated carbocycles. The summed E-state index contributed by atoms with van der Waals surface area (Å²) in [4.78, 5) is 4.16. The van der Waals surface area contributed by atoms with E-state index in [0.717, 1.165) is 17.7 Å². The monoisotopic (exact) mass is 314 g/mol. The molecule has 0 heterocycles. The molecule has 0 spiro atoms. The molecular weight excluding hydrogens is 292 g/mol.